The van der Waals surface area contributed by atoms with Crippen LogP contribution in [-0.2, 0) is 4.79 Å². The second-order valence-corrected chi connectivity index (χ2v) is 6.93. The SMILES string of the molecule is O=C(CC1CCCC1)NCCNc1ncnc2ccc(Br)cc12. The maximum atomic E-state index is 11.9. The largest absolute Gasteiger partial charge is 0.368 e. The molecule has 1 saturated carbocycles. The van der Waals surface area contributed by atoms with E-state index in [0.29, 0.717) is 25.4 Å². The lowest BCUT2D eigenvalue weighted by atomic mass is 10.0. The monoisotopic (exact) mass is 376 g/mol. The van der Waals surface area contributed by atoms with Crippen LogP contribution in [0.25, 0.3) is 10.9 Å². The summed E-state index contributed by atoms with van der Waals surface area (Å²) in [7, 11) is 0. The number of fused-ring (bicyclic) bond motifs is 1. The summed E-state index contributed by atoms with van der Waals surface area (Å²) >= 11 is 3.47. The van der Waals surface area contributed by atoms with Gasteiger partial charge in [0.15, 0.2) is 0 Å². The lowest BCUT2D eigenvalue weighted by Gasteiger charge is -2.11. The zero-order valence-corrected chi connectivity index (χ0v) is 14.6. The Kier molecular flexibility index (Phi) is 5.43. The Balaban J connectivity index is 1.49. The van der Waals surface area contributed by atoms with E-state index in [9.17, 15) is 4.79 Å². The number of carbonyl (C=O) groups is 1. The molecule has 122 valence electrons. The third-order valence-electron chi connectivity index (χ3n) is 4.29. The number of halogens is 1. The highest BCUT2D eigenvalue weighted by atomic mass is 79.9. The molecule has 0 unspecified atom stereocenters. The van der Waals surface area contributed by atoms with Crippen molar-refractivity contribution in [3.05, 3.63) is 29.0 Å². The molecule has 2 aromatic rings. The molecular weight excluding hydrogens is 356 g/mol. The standard InChI is InChI=1S/C17H21BrN4O/c18-13-5-6-15-14(10-13)17(22-11-21-15)20-8-7-19-16(23)9-12-3-1-2-4-12/h5-6,10-12H,1-4,7-9H2,(H,19,23)(H,20,21,22). The Bertz CT molecular complexity index is 685. The van der Waals surface area contributed by atoms with Crippen LogP contribution in [0.15, 0.2) is 29.0 Å². The number of rotatable bonds is 6. The van der Waals surface area contributed by atoms with E-state index >= 15 is 0 Å². The van der Waals surface area contributed by atoms with Gasteiger partial charge in [0.2, 0.25) is 5.91 Å². The number of hydrogen-bond donors (Lipinski definition) is 2. The number of nitrogens with zero attached hydrogens (tertiary/aromatic N) is 2. The van der Waals surface area contributed by atoms with Gasteiger partial charge in [-0.1, -0.05) is 28.8 Å². The molecule has 0 atom stereocenters. The molecule has 1 heterocycles. The van der Waals surface area contributed by atoms with Crippen molar-refractivity contribution in [2.24, 2.45) is 5.92 Å². The summed E-state index contributed by atoms with van der Waals surface area (Å²) in [5, 5.41) is 7.23. The fourth-order valence-electron chi connectivity index (χ4n) is 3.10. The van der Waals surface area contributed by atoms with Gasteiger partial charge in [-0.25, -0.2) is 9.97 Å². The molecule has 3 rings (SSSR count). The summed E-state index contributed by atoms with van der Waals surface area (Å²) in [5.41, 5.74) is 0.899. The first-order chi connectivity index (χ1) is 11.2. The number of nitrogens with one attached hydrogen (secondary N) is 2. The van der Waals surface area contributed by atoms with Crippen LogP contribution in [0.1, 0.15) is 32.1 Å². The molecule has 5 nitrogen and oxygen atoms in total. The van der Waals surface area contributed by atoms with Gasteiger partial charge in [-0.3, -0.25) is 4.79 Å². The van der Waals surface area contributed by atoms with Crippen molar-refractivity contribution in [2.45, 2.75) is 32.1 Å². The third-order valence-corrected chi connectivity index (χ3v) is 4.78. The van der Waals surface area contributed by atoms with Gasteiger partial charge in [-0.15, -0.1) is 0 Å². The van der Waals surface area contributed by atoms with Crippen LogP contribution in [0.4, 0.5) is 5.82 Å². The van der Waals surface area contributed by atoms with Gasteiger partial charge in [-0.2, -0.15) is 0 Å². The normalized spacial score (nSPS) is 15.0. The van der Waals surface area contributed by atoms with E-state index in [1.807, 2.05) is 18.2 Å². The molecule has 0 bridgehead atoms. The average Bonchev–Trinajstić information content (AvgIpc) is 3.04. The van der Waals surface area contributed by atoms with E-state index in [2.05, 4.69) is 36.5 Å². The third kappa shape index (κ3) is 4.41. The Morgan fingerprint density at radius 1 is 1.22 bits per heavy atom. The predicted molar refractivity (Wildman–Crippen MR) is 95.3 cm³/mol. The highest BCUT2D eigenvalue weighted by Gasteiger charge is 2.17. The lowest BCUT2D eigenvalue weighted by Crippen LogP contribution is -2.30. The van der Waals surface area contributed by atoms with Gasteiger partial charge in [0.1, 0.15) is 12.1 Å². The van der Waals surface area contributed by atoms with Crippen LogP contribution in [0, 0.1) is 5.92 Å². The van der Waals surface area contributed by atoms with Gasteiger partial charge in [0.25, 0.3) is 0 Å². The first-order valence-corrected chi connectivity index (χ1v) is 8.92. The quantitative estimate of drug-likeness (QED) is 0.757. The van der Waals surface area contributed by atoms with E-state index in [-0.39, 0.29) is 5.91 Å². The van der Waals surface area contributed by atoms with Crippen LogP contribution in [0.2, 0.25) is 0 Å². The minimum absolute atomic E-state index is 0.161. The lowest BCUT2D eigenvalue weighted by molar-refractivity contribution is -0.121. The first kappa shape index (κ1) is 16.2. The van der Waals surface area contributed by atoms with Crippen LogP contribution >= 0.6 is 15.9 Å². The Morgan fingerprint density at radius 3 is 2.87 bits per heavy atom. The summed E-state index contributed by atoms with van der Waals surface area (Å²) in [6, 6.07) is 5.91. The van der Waals surface area contributed by atoms with Crippen molar-refractivity contribution >= 4 is 38.6 Å². The van der Waals surface area contributed by atoms with E-state index < -0.39 is 0 Å². The average molecular weight is 377 g/mol. The summed E-state index contributed by atoms with van der Waals surface area (Å²) in [6.07, 6.45) is 7.17. The van der Waals surface area contributed by atoms with E-state index in [1.165, 1.54) is 25.7 Å². The van der Waals surface area contributed by atoms with E-state index in [0.717, 1.165) is 21.2 Å². The number of amides is 1. The highest BCUT2D eigenvalue weighted by Crippen LogP contribution is 2.27. The van der Waals surface area contributed by atoms with Crippen LogP contribution in [-0.4, -0.2) is 29.0 Å². The minimum Gasteiger partial charge on any atom is -0.368 e. The summed E-state index contributed by atoms with van der Waals surface area (Å²) in [5.74, 6) is 1.54. The van der Waals surface area contributed by atoms with Crippen LogP contribution in [0.3, 0.4) is 0 Å². The maximum Gasteiger partial charge on any atom is 0.220 e. The first-order valence-electron chi connectivity index (χ1n) is 8.13. The molecule has 1 aromatic heterocycles. The molecule has 1 aliphatic carbocycles. The molecule has 1 aromatic carbocycles. The molecule has 6 heteroatoms. The van der Waals surface area contributed by atoms with Crippen molar-refractivity contribution in [1.82, 2.24) is 15.3 Å². The molecule has 0 aliphatic heterocycles. The Labute approximate surface area is 144 Å². The molecule has 1 aliphatic rings. The molecule has 2 N–H and O–H groups in total. The topological polar surface area (TPSA) is 66.9 Å². The van der Waals surface area contributed by atoms with Crippen molar-refractivity contribution < 1.29 is 4.79 Å². The summed E-state index contributed by atoms with van der Waals surface area (Å²) in [6.45, 7) is 1.25. The zero-order valence-electron chi connectivity index (χ0n) is 13.0. The van der Waals surface area contributed by atoms with Crippen molar-refractivity contribution in [3.63, 3.8) is 0 Å². The number of hydrogen-bond acceptors (Lipinski definition) is 4. The van der Waals surface area contributed by atoms with Crippen LogP contribution < -0.4 is 10.6 Å². The van der Waals surface area contributed by atoms with Crippen molar-refractivity contribution in [3.8, 4) is 0 Å². The molecule has 1 amide bonds. The molecule has 0 saturated heterocycles. The van der Waals surface area contributed by atoms with Gasteiger partial charge < -0.3 is 10.6 Å². The minimum atomic E-state index is 0.161. The fourth-order valence-corrected chi connectivity index (χ4v) is 3.46. The molecule has 1 fully saturated rings. The molecule has 0 spiro atoms. The fraction of sp³-hybridized carbons (Fsp3) is 0.471. The molecular formula is C17H21BrN4O. The maximum absolute atomic E-state index is 11.9. The van der Waals surface area contributed by atoms with Gasteiger partial charge in [-0.05, 0) is 37.0 Å². The van der Waals surface area contributed by atoms with Crippen molar-refractivity contribution in [2.75, 3.05) is 18.4 Å². The second kappa shape index (κ2) is 7.73. The number of anilines is 1. The predicted octanol–water partition coefficient (Wildman–Crippen LogP) is 3.50. The van der Waals surface area contributed by atoms with Gasteiger partial charge >= 0.3 is 0 Å². The second-order valence-electron chi connectivity index (χ2n) is 6.02. The van der Waals surface area contributed by atoms with Crippen molar-refractivity contribution in [1.29, 1.82) is 0 Å². The number of aromatic nitrogens is 2. The number of benzene rings is 1. The smallest absolute Gasteiger partial charge is 0.220 e. The summed E-state index contributed by atoms with van der Waals surface area (Å²) < 4.78 is 0.993. The van der Waals surface area contributed by atoms with Gasteiger partial charge in [0, 0.05) is 29.4 Å². The van der Waals surface area contributed by atoms with Crippen LogP contribution in [0.5, 0.6) is 0 Å². The molecule has 23 heavy (non-hydrogen) atoms. The number of carbonyl (C=O) groups excluding carboxylic acids is 1. The Hall–Kier alpha value is -1.69. The summed E-state index contributed by atoms with van der Waals surface area (Å²) in [4.78, 5) is 20.4. The Morgan fingerprint density at radius 2 is 2.04 bits per heavy atom. The zero-order chi connectivity index (χ0) is 16.1. The van der Waals surface area contributed by atoms with E-state index in [4.69, 9.17) is 0 Å². The highest BCUT2D eigenvalue weighted by molar-refractivity contribution is 9.10. The molecule has 0 radical (unpaired) electrons. The van der Waals surface area contributed by atoms with E-state index in [1.54, 1.807) is 6.33 Å². The van der Waals surface area contributed by atoms with Gasteiger partial charge in [0.05, 0.1) is 5.52 Å².